The first kappa shape index (κ1) is 22.7. The highest BCUT2D eigenvalue weighted by molar-refractivity contribution is 5.93. The number of unbranched alkanes of at least 4 members (excludes halogenated alkanes) is 10. The van der Waals surface area contributed by atoms with Crippen molar-refractivity contribution in [3.63, 3.8) is 0 Å². The summed E-state index contributed by atoms with van der Waals surface area (Å²) in [6, 6.07) is 15.3. The van der Waals surface area contributed by atoms with Crippen LogP contribution in [0.4, 0.5) is 5.69 Å². The van der Waals surface area contributed by atoms with Crippen LogP contribution in [-0.4, -0.2) is 18.1 Å². The lowest BCUT2D eigenvalue weighted by Gasteiger charge is -2.25. The molecule has 2 aromatic carbocycles. The maximum Gasteiger partial charge on any atom is 0.0568 e. The summed E-state index contributed by atoms with van der Waals surface area (Å²) in [7, 11) is 0. The Bertz CT molecular complexity index is 616. The zero-order valence-corrected chi connectivity index (χ0v) is 18.4. The van der Waals surface area contributed by atoms with Gasteiger partial charge in [-0.15, -0.1) is 0 Å². The van der Waals surface area contributed by atoms with Gasteiger partial charge in [0.2, 0.25) is 0 Å². The average Bonchev–Trinajstić information content (AvgIpc) is 2.73. The van der Waals surface area contributed by atoms with Gasteiger partial charge in [0.25, 0.3) is 0 Å². The molecule has 28 heavy (non-hydrogen) atoms. The fourth-order valence-electron chi connectivity index (χ4n) is 3.88. The number of anilines is 1. The maximum atomic E-state index is 3.76. The third-order valence-electron chi connectivity index (χ3n) is 5.63. The maximum absolute atomic E-state index is 3.76. The minimum absolute atomic E-state index is 1.14. The van der Waals surface area contributed by atoms with Crippen LogP contribution in [0.3, 0.4) is 0 Å². The summed E-state index contributed by atoms with van der Waals surface area (Å²) in [4.78, 5) is 0. The predicted molar refractivity (Wildman–Crippen MR) is 126 cm³/mol. The number of hydrogen-bond donors (Lipinski definition) is 1. The van der Waals surface area contributed by atoms with E-state index < -0.39 is 0 Å². The molecule has 0 aliphatic carbocycles. The minimum Gasteiger partial charge on any atom is -0.318 e. The fourth-order valence-corrected chi connectivity index (χ4v) is 3.88. The van der Waals surface area contributed by atoms with Crippen molar-refractivity contribution < 1.29 is 0 Å². The normalized spacial score (nSPS) is 11.4. The van der Waals surface area contributed by atoms with Gasteiger partial charge in [-0.2, -0.15) is 0 Å². The van der Waals surface area contributed by atoms with Gasteiger partial charge in [0, 0.05) is 18.5 Å². The van der Waals surface area contributed by atoms with Crippen LogP contribution in [0.25, 0.3) is 10.8 Å². The number of hydrogen-bond acceptors (Lipinski definition) is 2. The second-order valence-corrected chi connectivity index (χ2v) is 8.16. The summed E-state index contributed by atoms with van der Waals surface area (Å²) < 4.78 is 0. The highest BCUT2D eigenvalue weighted by Gasteiger charge is 2.07. The molecule has 0 bridgehead atoms. The fraction of sp³-hybridized carbons (Fsp3) is 0.615. The van der Waals surface area contributed by atoms with Gasteiger partial charge in [0.05, 0.1) is 5.69 Å². The zero-order valence-electron chi connectivity index (χ0n) is 18.4. The summed E-state index contributed by atoms with van der Waals surface area (Å²) in [6.07, 6.45) is 16.3. The number of rotatable bonds is 16. The van der Waals surface area contributed by atoms with E-state index >= 15 is 0 Å². The van der Waals surface area contributed by atoms with Crippen LogP contribution >= 0.6 is 0 Å². The van der Waals surface area contributed by atoms with Gasteiger partial charge in [0.15, 0.2) is 0 Å². The van der Waals surface area contributed by atoms with Crippen LogP contribution in [0.15, 0.2) is 42.5 Å². The van der Waals surface area contributed by atoms with Crippen LogP contribution in [0.5, 0.6) is 0 Å². The van der Waals surface area contributed by atoms with Crippen molar-refractivity contribution in [3.8, 4) is 0 Å². The first-order valence-electron chi connectivity index (χ1n) is 11.8. The molecule has 0 aromatic heterocycles. The molecule has 0 saturated carbocycles. The summed E-state index contributed by atoms with van der Waals surface area (Å²) in [6.45, 7) is 6.86. The van der Waals surface area contributed by atoms with Crippen molar-refractivity contribution in [1.29, 1.82) is 0 Å². The molecule has 0 spiro atoms. The Labute approximate surface area is 173 Å². The Hall–Kier alpha value is -1.54. The molecular weight excluding hydrogens is 340 g/mol. The molecule has 0 aliphatic rings. The Balaban J connectivity index is 1.86. The van der Waals surface area contributed by atoms with Crippen LogP contribution < -0.4 is 5.43 Å². The SMILES string of the molecule is CCCCCCCCN(CCCCCCCC)Nc1cccc2ccccc12. The van der Waals surface area contributed by atoms with Gasteiger partial charge in [0.1, 0.15) is 0 Å². The van der Waals surface area contributed by atoms with Gasteiger partial charge in [-0.25, -0.2) is 5.01 Å². The van der Waals surface area contributed by atoms with E-state index in [1.165, 1.54) is 93.5 Å². The van der Waals surface area contributed by atoms with Crippen molar-refractivity contribution >= 4 is 16.5 Å². The standard InChI is InChI=1S/C26H42N2/c1-3-5-7-9-11-15-22-28(23-16-12-10-8-6-4-2)27-26-21-17-19-24-18-13-14-20-25(24)26/h13-14,17-21,27H,3-12,15-16,22-23H2,1-2H3. The molecule has 156 valence electrons. The molecule has 0 amide bonds. The number of fused-ring (bicyclic) bond motifs is 1. The monoisotopic (exact) mass is 382 g/mol. The molecular formula is C26H42N2. The first-order valence-corrected chi connectivity index (χ1v) is 11.8. The van der Waals surface area contributed by atoms with Gasteiger partial charge in [-0.1, -0.05) is 114 Å². The smallest absolute Gasteiger partial charge is 0.0568 e. The molecule has 0 aliphatic heterocycles. The number of nitrogens with zero attached hydrogens (tertiary/aromatic N) is 1. The lowest BCUT2D eigenvalue weighted by molar-refractivity contribution is 0.310. The summed E-state index contributed by atoms with van der Waals surface area (Å²) in [5.74, 6) is 0. The zero-order chi connectivity index (χ0) is 19.9. The van der Waals surface area contributed by atoms with Crippen molar-refractivity contribution in [1.82, 2.24) is 5.01 Å². The van der Waals surface area contributed by atoms with Crippen LogP contribution in [0, 0.1) is 0 Å². The van der Waals surface area contributed by atoms with E-state index in [4.69, 9.17) is 0 Å². The Morgan fingerprint density at radius 3 is 1.79 bits per heavy atom. The van der Waals surface area contributed by atoms with Crippen molar-refractivity contribution in [3.05, 3.63) is 42.5 Å². The second kappa shape index (κ2) is 14.5. The molecule has 2 rings (SSSR count). The molecule has 2 heteroatoms. The number of nitrogens with one attached hydrogen (secondary N) is 1. The molecule has 0 unspecified atom stereocenters. The summed E-state index contributed by atoms with van der Waals surface area (Å²) in [5, 5.41) is 5.11. The topological polar surface area (TPSA) is 15.3 Å². The van der Waals surface area contributed by atoms with Crippen LogP contribution in [0.2, 0.25) is 0 Å². The Morgan fingerprint density at radius 1 is 0.607 bits per heavy atom. The van der Waals surface area contributed by atoms with Crippen LogP contribution in [-0.2, 0) is 0 Å². The molecule has 0 radical (unpaired) electrons. The van der Waals surface area contributed by atoms with E-state index in [0.717, 1.165) is 13.1 Å². The predicted octanol–water partition coefficient (Wildman–Crippen LogP) is 8.19. The lowest BCUT2D eigenvalue weighted by atomic mass is 10.1. The van der Waals surface area contributed by atoms with Crippen molar-refractivity contribution in [2.45, 2.75) is 90.9 Å². The third-order valence-corrected chi connectivity index (χ3v) is 5.63. The highest BCUT2D eigenvalue weighted by Crippen LogP contribution is 2.23. The van der Waals surface area contributed by atoms with E-state index in [0.29, 0.717) is 0 Å². The molecule has 1 N–H and O–H groups in total. The van der Waals surface area contributed by atoms with E-state index in [1.807, 2.05) is 0 Å². The Morgan fingerprint density at radius 2 is 1.14 bits per heavy atom. The average molecular weight is 383 g/mol. The van der Waals surface area contributed by atoms with E-state index in [-0.39, 0.29) is 0 Å². The van der Waals surface area contributed by atoms with Gasteiger partial charge in [-0.3, -0.25) is 0 Å². The van der Waals surface area contributed by atoms with Crippen molar-refractivity contribution in [2.75, 3.05) is 18.5 Å². The molecule has 0 heterocycles. The largest absolute Gasteiger partial charge is 0.318 e. The van der Waals surface area contributed by atoms with Gasteiger partial charge >= 0.3 is 0 Å². The molecule has 2 aromatic rings. The van der Waals surface area contributed by atoms with Gasteiger partial charge < -0.3 is 5.43 Å². The number of hydrazine groups is 1. The molecule has 0 saturated heterocycles. The minimum atomic E-state index is 1.14. The first-order chi connectivity index (χ1) is 13.8. The lowest BCUT2D eigenvalue weighted by Crippen LogP contribution is -2.32. The van der Waals surface area contributed by atoms with E-state index in [1.54, 1.807) is 0 Å². The van der Waals surface area contributed by atoms with E-state index in [9.17, 15) is 0 Å². The second-order valence-electron chi connectivity index (χ2n) is 8.16. The summed E-state index contributed by atoms with van der Waals surface area (Å²) in [5.41, 5.74) is 5.00. The third kappa shape index (κ3) is 8.65. The van der Waals surface area contributed by atoms with Crippen LogP contribution in [0.1, 0.15) is 90.9 Å². The van der Waals surface area contributed by atoms with Gasteiger partial charge in [-0.05, 0) is 24.3 Å². The van der Waals surface area contributed by atoms with E-state index in [2.05, 4.69) is 66.7 Å². The Kier molecular flexibility index (Phi) is 11.7. The highest BCUT2D eigenvalue weighted by atomic mass is 15.5. The summed E-state index contributed by atoms with van der Waals surface area (Å²) >= 11 is 0. The quantitative estimate of drug-likeness (QED) is 0.232. The number of benzene rings is 2. The molecule has 0 fully saturated rings. The van der Waals surface area contributed by atoms with Crippen molar-refractivity contribution in [2.24, 2.45) is 0 Å². The molecule has 2 nitrogen and oxygen atoms in total. The molecule has 0 atom stereocenters.